The molecule has 7 atom stereocenters. The summed E-state index contributed by atoms with van der Waals surface area (Å²) in [6.07, 6.45) is 2.20. The molecule has 1 aliphatic heterocycles. The molecule has 5 rings (SSSR count). The zero-order valence-electron chi connectivity index (χ0n) is 22.0. The molecule has 1 amide bonds. The van der Waals surface area contributed by atoms with Crippen molar-refractivity contribution < 1.29 is 32.9 Å². The predicted molar refractivity (Wildman–Crippen MR) is 137 cm³/mol. The molecular formula is C30H37F2NO5. The molecule has 2 saturated carbocycles. The Morgan fingerprint density at radius 2 is 1.82 bits per heavy atom. The molecule has 2 aromatic rings. The molecule has 0 spiro atoms. The quantitative estimate of drug-likeness (QED) is 0.529. The van der Waals surface area contributed by atoms with Crippen molar-refractivity contribution in [3.63, 3.8) is 0 Å². The summed E-state index contributed by atoms with van der Waals surface area (Å²) in [5.74, 6) is -0.840. The Labute approximate surface area is 222 Å². The van der Waals surface area contributed by atoms with Gasteiger partial charge in [0, 0.05) is 24.4 Å². The fraction of sp³-hybridized carbons (Fsp3) is 0.567. The Morgan fingerprint density at radius 3 is 2.55 bits per heavy atom. The maximum atomic E-state index is 13.5. The summed E-state index contributed by atoms with van der Waals surface area (Å²) in [6, 6.07) is 12.8. The topological polar surface area (TPSA) is 77.0 Å². The van der Waals surface area contributed by atoms with E-state index >= 15 is 0 Å². The van der Waals surface area contributed by atoms with E-state index in [1.165, 1.54) is 12.1 Å². The Balaban J connectivity index is 1.22. The van der Waals surface area contributed by atoms with Crippen molar-refractivity contribution in [1.82, 2.24) is 5.32 Å². The van der Waals surface area contributed by atoms with Crippen LogP contribution in [0.2, 0.25) is 0 Å². The minimum atomic E-state index is -0.678. The van der Waals surface area contributed by atoms with E-state index in [4.69, 9.17) is 14.2 Å². The van der Waals surface area contributed by atoms with Crippen molar-refractivity contribution in [2.45, 2.75) is 71.0 Å². The van der Waals surface area contributed by atoms with E-state index in [0.29, 0.717) is 25.2 Å². The lowest BCUT2D eigenvalue weighted by Gasteiger charge is -2.62. The predicted octanol–water partition coefficient (Wildman–Crippen LogP) is 4.99. The molecule has 6 nitrogen and oxygen atoms in total. The van der Waals surface area contributed by atoms with Gasteiger partial charge in [-0.3, -0.25) is 4.79 Å². The van der Waals surface area contributed by atoms with Crippen molar-refractivity contribution >= 4 is 5.91 Å². The fourth-order valence-corrected chi connectivity index (χ4v) is 7.24. The Bertz CT molecular complexity index is 1110. The highest BCUT2D eigenvalue weighted by Gasteiger charge is 2.61. The van der Waals surface area contributed by atoms with Gasteiger partial charge in [-0.1, -0.05) is 32.0 Å². The van der Waals surface area contributed by atoms with Gasteiger partial charge in [0.1, 0.15) is 24.0 Å². The summed E-state index contributed by atoms with van der Waals surface area (Å²) in [7, 11) is 0. The van der Waals surface area contributed by atoms with Crippen LogP contribution in [0.4, 0.5) is 8.78 Å². The molecule has 1 heterocycles. The lowest BCUT2D eigenvalue weighted by Crippen LogP contribution is -2.63. The molecule has 206 valence electrons. The second-order valence-electron chi connectivity index (χ2n) is 11.6. The van der Waals surface area contributed by atoms with Crippen molar-refractivity contribution in [2.75, 3.05) is 13.2 Å². The average molecular weight is 530 g/mol. The van der Waals surface area contributed by atoms with Crippen molar-refractivity contribution in [1.29, 1.82) is 0 Å². The van der Waals surface area contributed by atoms with Gasteiger partial charge in [-0.15, -0.1) is 0 Å². The van der Waals surface area contributed by atoms with Gasteiger partial charge in [-0.05, 0) is 72.8 Å². The zero-order valence-corrected chi connectivity index (χ0v) is 22.0. The number of carbonyl (C=O) groups excluding carboxylic acids is 1. The number of hydrogen-bond donors (Lipinski definition) is 2. The molecular weight excluding hydrogens is 492 g/mol. The summed E-state index contributed by atoms with van der Waals surface area (Å²) in [5, 5.41) is 13.8. The third-order valence-corrected chi connectivity index (χ3v) is 9.18. The molecule has 38 heavy (non-hydrogen) atoms. The van der Waals surface area contributed by atoms with E-state index in [9.17, 15) is 18.7 Å². The van der Waals surface area contributed by atoms with Crippen LogP contribution in [0.25, 0.3) is 0 Å². The van der Waals surface area contributed by atoms with Crippen molar-refractivity contribution in [2.24, 2.45) is 22.7 Å². The monoisotopic (exact) mass is 529 g/mol. The SMILES string of the molecule is CC12COC(COc3ccccc3)OC1CCC1(C)C(CC(=O)NCc3cc(F)cc(F)c3)C(O)CCC21. The molecule has 2 N–H and O–H groups in total. The first-order valence-corrected chi connectivity index (χ1v) is 13.5. The molecule has 3 aliphatic rings. The second kappa shape index (κ2) is 10.9. The van der Waals surface area contributed by atoms with E-state index in [0.717, 1.165) is 31.1 Å². The van der Waals surface area contributed by atoms with E-state index in [-0.39, 0.29) is 47.6 Å². The Hall–Kier alpha value is -2.55. The smallest absolute Gasteiger partial charge is 0.220 e. The molecule has 2 aliphatic carbocycles. The normalized spacial score (nSPS) is 34.6. The summed E-state index contributed by atoms with van der Waals surface area (Å²) >= 11 is 0. The first kappa shape index (κ1) is 27.0. The van der Waals surface area contributed by atoms with Crippen LogP contribution in [0.15, 0.2) is 48.5 Å². The van der Waals surface area contributed by atoms with Crippen molar-refractivity contribution in [3.8, 4) is 5.75 Å². The minimum Gasteiger partial charge on any atom is -0.488 e. The van der Waals surface area contributed by atoms with E-state index in [1.807, 2.05) is 30.3 Å². The van der Waals surface area contributed by atoms with Gasteiger partial charge in [0.25, 0.3) is 0 Å². The first-order chi connectivity index (χ1) is 18.2. The molecule has 0 radical (unpaired) electrons. The third kappa shape index (κ3) is 5.44. The Kier molecular flexibility index (Phi) is 7.76. The van der Waals surface area contributed by atoms with Gasteiger partial charge < -0.3 is 24.6 Å². The largest absolute Gasteiger partial charge is 0.488 e. The molecule has 0 aromatic heterocycles. The number of rotatable bonds is 7. The zero-order chi connectivity index (χ0) is 26.9. The number of nitrogens with one attached hydrogen (secondary N) is 1. The number of ether oxygens (including phenoxy) is 3. The standard InChI is InChI=1S/C30H37F2NO5/c1-29-11-10-26-30(2,18-37-28(38-26)17-36-22-6-4-3-5-7-22)25(29)9-8-24(34)23(29)15-27(35)33-16-19-12-20(31)14-21(32)13-19/h3-7,12-14,23-26,28,34H,8-11,15-18H2,1-2H3,(H,33,35). The number of amides is 1. The number of para-hydroxylation sites is 1. The number of fused-ring (bicyclic) bond motifs is 3. The average Bonchev–Trinajstić information content (AvgIpc) is 2.88. The van der Waals surface area contributed by atoms with Gasteiger partial charge >= 0.3 is 0 Å². The Morgan fingerprint density at radius 1 is 1.08 bits per heavy atom. The minimum absolute atomic E-state index is 0.00583. The number of benzene rings is 2. The van der Waals surface area contributed by atoms with Crippen LogP contribution in [0.5, 0.6) is 5.75 Å². The number of hydrogen-bond acceptors (Lipinski definition) is 5. The van der Waals surface area contributed by atoms with Crippen LogP contribution < -0.4 is 10.1 Å². The van der Waals surface area contributed by atoms with Crippen LogP contribution >= 0.6 is 0 Å². The molecule has 1 saturated heterocycles. The highest BCUT2D eigenvalue weighted by atomic mass is 19.1. The van der Waals surface area contributed by atoms with E-state index in [2.05, 4.69) is 19.2 Å². The van der Waals surface area contributed by atoms with Crippen LogP contribution in [0, 0.1) is 34.3 Å². The van der Waals surface area contributed by atoms with Crippen LogP contribution in [0.1, 0.15) is 51.5 Å². The van der Waals surface area contributed by atoms with Gasteiger partial charge in [-0.2, -0.15) is 0 Å². The van der Waals surface area contributed by atoms with Crippen molar-refractivity contribution in [3.05, 3.63) is 65.7 Å². The molecule has 0 bridgehead atoms. The highest BCUT2D eigenvalue weighted by Crippen LogP contribution is 2.62. The van der Waals surface area contributed by atoms with E-state index < -0.39 is 24.0 Å². The van der Waals surface area contributed by atoms with Gasteiger partial charge in [0.15, 0.2) is 6.29 Å². The maximum absolute atomic E-state index is 13.5. The molecule has 8 heteroatoms. The lowest BCUT2D eigenvalue weighted by molar-refractivity contribution is -0.313. The number of aliphatic hydroxyl groups is 1. The fourth-order valence-electron chi connectivity index (χ4n) is 7.24. The summed E-state index contributed by atoms with van der Waals surface area (Å²) in [6.45, 7) is 5.27. The van der Waals surface area contributed by atoms with E-state index in [1.54, 1.807) is 0 Å². The van der Waals surface area contributed by atoms with Crippen LogP contribution in [-0.4, -0.2) is 42.7 Å². The highest BCUT2D eigenvalue weighted by molar-refractivity contribution is 5.76. The third-order valence-electron chi connectivity index (χ3n) is 9.18. The molecule has 3 fully saturated rings. The number of halogens is 2. The summed E-state index contributed by atoms with van der Waals surface area (Å²) < 4.78 is 45.5. The van der Waals surface area contributed by atoms with Crippen LogP contribution in [-0.2, 0) is 20.8 Å². The van der Waals surface area contributed by atoms with Gasteiger partial charge in [0.2, 0.25) is 5.91 Å². The summed E-state index contributed by atoms with van der Waals surface area (Å²) in [4.78, 5) is 12.9. The van der Waals surface area contributed by atoms with Gasteiger partial charge in [0.05, 0.1) is 18.8 Å². The molecule has 7 unspecified atom stereocenters. The number of carbonyl (C=O) groups is 1. The maximum Gasteiger partial charge on any atom is 0.220 e. The lowest BCUT2D eigenvalue weighted by atomic mass is 9.46. The van der Waals surface area contributed by atoms with Gasteiger partial charge in [-0.25, -0.2) is 8.78 Å². The first-order valence-electron chi connectivity index (χ1n) is 13.5. The number of aliphatic hydroxyl groups excluding tert-OH is 1. The van der Waals surface area contributed by atoms with Crippen LogP contribution in [0.3, 0.4) is 0 Å². The molecule has 2 aromatic carbocycles. The second-order valence-corrected chi connectivity index (χ2v) is 11.6. The summed E-state index contributed by atoms with van der Waals surface area (Å²) in [5.41, 5.74) is -0.158.